The molecule has 1 saturated carbocycles. The lowest BCUT2D eigenvalue weighted by atomic mass is 9.85. The van der Waals surface area contributed by atoms with E-state index in [1.807, 2.05) is 42.5 Å². The quantitative estimate of drug-likeness (QED) is 0.495. The standard InChI is InChI=1S/C25H32O4/c1-4-8-17(2)13-22(25(26)27)21-14-20(19-9-6-5-7-10-19)24(15-23(21)28-3)29-16-18-11-12-18/h5-7,9-10,14-15,17-18,22H,4,8,11-13,16H2,1-3H3,(H,26,27). The first-order valence-corrected chi connectivity index (χ1v) is 10.7. The molecule has 3 rings (SSSR count). The van der Waals surface area contributed by atoms with Crippen molar-refractivity contribution in [3.8, 4) is 22.6 Å². The maximum atomic E-state index is 12.2. The lowest BCUT2D eigenvalue weighted by Crippen LogP contribution is -2.16. The van der Waals surface area contributed by atoms with Gasteiger partial charge in [0.2, 0.25) is 0 Å². The fourth-order valence-electron chi connectivity index (χ4n) is 3.86. The summed E-state index contributed by atoms with van der Waals surface area (Å²) >= 11 is 0. The lowest BCUT2D eigenvalue weighted by Gasteiger charge is -2.22. The molecular weight excluding hydrogens is 364 g/mol. The van der Waals surface area contributed by atoms with Crippen LogP contribution in [-0.4, -0.2) is 24.8 Å². The van der Waals surface area contributed by atoms with Crippen molar-refractivity contribution < 1.29 is 19.4 Å². The molecular formula is C25H32O4. The first kappa shape index (κ1) is 21.2. The van der Waals surface area contributed by atoms with Gasteiger partial charge >= 0.3 is 5.97 Å². The number of aliphatic carboxylic acids is 1. The highest BCUT2D eigenvalue weighted by Gasteiger charge is 2.28. The van der Waals surface area contributed by atoms with Crippen LogP contribution < -0.4 is 9.47 Å². The summed E-state index contributed by atoms with van der Waals surface area (Å²) in [6, 6.07) is 13.9. The van der Waals surface area contributed by atoms with E-state index in [1.165, 1.54) is 12.8 Å². The van der Waals surface area contributed by atoms with Gasteiger partial charge in [-0.15, -0.1) is 0 Å². The van der Waals surface area contributed by atoms with Gasteiger partial charge in [0, 0.05) is 17.2 Å². The number of benzene rings is 2. The van der Waals surface area contributed by atoms with Gasteiger partial charge in [0.25, 0.3) is 0 Å². The van der Waals surface area contributed by atoms with Crippen molar-refractivity contribution >= 4 is 5.97 Å². The van der Waals surface area contributed by atoms with Gasteiger partial charge in [0.15, 0.2) is 0 Å². The van der Waals surface area contributed by atoms with Crippen LogP contribution in [0.4, 0.5) is 0 Å². The Bertz CT molecular complexity index is 811. The summed E-state index contributed by atoms with van der Waals surface area (Å²) in [5.74, 6) is 0.895. The highest BCUT2D eigenvalue weighted by atomic mass is 16.5. The molecule has 29 heavy (non-hydrogen) atoms. The topological polar surface area (TPSA) is 55.8 Å². The van der Waals surface area contributed by atoms with Gasteiger partial charge in [0.1, 0.15) is 11.5 Å². The van der Waals surface area contributed by atoms with Gasteiger partial charge in [-0.05, 0) is 42.7 Å². The van der Waals surface area contributed by atoms with Crippen LogP contribution in [0.2, 0.25) is 0 Å². The van der Waals surface area contributed by atoms with Crippen molar-refractivity contribution in [3.63, 3.8) is 0 Å². The van der Waals surface area contributed by atoms with Crippen LogP contribution in [0, 0.1) is 11.8 Å². The van der Waals surface area contributed by atoms with Gasteiger partial charge in [-0.3, -0.25) is 4.79 Å². The third-order valence-electron chi connectivity index (χ3n) is 5.68. The Morgan fingerprint density at radius 3 is 2.48 bits per heavy atom. The van der Waals surface area contributed by atoms with E-state index in [4.69, 9.17) is 9.47 Å². The SMILES string of the molecule is CCCC(C)CC(C(=O)O)c1cc(-c2ccccc2)c(OCC2CC2)cc1OC. The summed E-state index contributed by atoms with van der Waals surface area (Å²) in [5, 5.41) is 9.99. The molecule has 2 aromatic carbocycles. The third-order valence-corrected chi connectivity index (χ3v) is 5.68. The molecule has 4 heteroatoms. The van der Waals surface area contributed by atoms with Gasteiger partial charge in [-0.2, -0.15) is 0 Å². The molecule has 0 amide bonds. The average Bonchev–Trinajstić information content (AvgIpc) is 3.55. The summed E-state index contributed by atoms with van der Waals surface area (Å²) in [5.41, 5.74) is 2.67. The van der Waals surface area contributed by atoms with Gasteiger partial charge in [-0.1, -0.05) is 57.0 Å². The molecule has 4 nitrogen and oxygen atoms in total. The third kappa shape index (κ3) is 5.53. The van der Waals surface area contributed by atoms with Crippen molar-refractivity contribution in [3.05, 3.63) is 48.0 Å². The average molecular weight is 397 g/mol. The number of carboxylic acid groups (broad SMARTS) is 1. The molecule has 2 aromatic rings. The lowest BCUT2D eigenvalue weighted by molar-refractivity contribution is -0.139. The summed E-state index contributed by atoms with van der Waals surface area (Å²) in [7, 11) is 1.60. The van der Waals surface area contributed by atoms with Crippen LogP contribution in [0.1, 0.15) is 57.4 Å². The molecule has 1 aliphatic rings. The maximum Gasteiger partial charge on any atom is 0.311 e. The summed E-state index contributed by atoms with van der Waals surface area (Å²) < 4.78 is 11.8. The van der Waals surface area contributed by atoms with E-state index in [2.05, 4.69) is 13.8 Å². The Hall–Kier alpha value is -2.49. The van der Waals surface area contributed by atoms with Crippen LogP contribution in [0.5, 0.6) is 11.5 Å². The van der Waals surface area contributed by atoms with Gasteiger partial charge in [0.05, 0.1) is 19.6 Å². The molecule has 1 aliphatic carbocycles. The maximum absolute atomic E-state index is 12.2. The molecule has 0 saturated heterocycles. The Balaban J connectivity index is 2.03. The zero-order chi connectivity index (χ0) is 20.8. The second-order valence-corrected chi connectivity index (χ2v) is 8.23. The first-order valence-electron chi connectivity index (χ1n) is 10.7. The molecule has 2 atom stereocenters. The minimum Gasteiger partial charge on any atom is -0.496 e. The van der Waals surface area contributed by atoms with E-state index in [1.54, 1.807) is 7.11 Å². The van der Waals surface area contributed by atoms with Crippen molar-refractivity contribution in [2.45, 2.75) is 51.9 Å². The van der Waals surface area contributed by atoms with E-state index in [0.717, 1.165) is 35.3 Å². The number of hydrogen-bond donors (Lipinski definition) is 1. The monoisotopic (exact) mass is 396 g/mol. The molecule has 1 fully saturated rings. The highest BCUT2D eigenvalue weighted by molar-refractivity contribution is 5.80. The smallest absolute Gasteiger partial charge is 0.311 e. The van der Waals surface area contributed by atoms with Crippen LogP contribution in [0.15, 0.2) is 42.5 Å². The van der Waals surface area contributed by atoms with Crippen LogP contribution in [-0.2, 0) is 4.79 Å². The van der Waals surface area contributed by atoms with Crippen molar-refractivity contribution in [1.82, 2.24) is 0 Å². The normalized spacial score (nSPS) is 15.6. The molecule has 2 unspecified atom stereocenters. The predicted molar refractivity (Wildman–Crippen MR) is 116 cm³/mol. The Kier molecular flexibility index (Phi) is 7.18. The molecule has 0 radical (unpaired) electrons. The Morgan fingerprint density at radius 1 is 1.17 bits per heavy atom. The number of carbonyl (C=O) groups is 1. The minimum absolute atomic E-state index is 0.330. The highest BCUT2D eigenvalue weighted by Crippen LogP contribution is 2.42. The largest absolute Gasteiger partial charge is 0.496 e. The summed E-state index contributed by atoms with van der Waals surface area (Å²) in [4.78, 5) is 12.2. The second-order valence-electron chi connectivity index (χ2n) is 8.23. The Labute approximate surface area is 173 Å². The molecule has 156 valence electrons. The molecule has 0 aliphatic heterocycles. The van der Waals surface area contributed by atoms with E-state index in [0.29, 0.717) is 30.6 Å². The fraction of sp³-hybridized carbons (Fsp3) is 0.480. The van der Waals surface area contributed by atoms with Crippen LogP contribution in [0.3, 0.4) is 0 Å². The fourth-order valence-corrected chi connectivity index (χ4v) is 3.86. The van der Waals surface area contributed by atoms with E-state index < -0.39 is 11.9 Å². The summed E-state index contributed by atoms with van der Waals surface area (Å²) in [6.45, 7) is 4.95. The summed E-state index contributed by atoms with van der Waals surface area (Å²) in [6.07, 6.45) is 5.09. The number of methoxy groups -OCH3 is 1. The van der Waals surface area contributed by atoms with Crippen LogP contribution in [0.25, 0.3) is 11.1 Å². The van der Waals surface area contributed by atoms with Crippen molar-refractivity contribution in [2.75, 3.05) is 13.7 Å². The molecule has 0 spiro atoms. The second kappa shape index (κ2) is 9.82. The van der Waals surface area contributed by atoms with Crippen molar-refractivity contribution in [2.24, 2.45) is 11.8 Å². The van der Waals surface area contributed by atoms with Gasteiger partial charge in [-0.25, -0.2) is 0 Å². The number of carboxylic acids is 1. The van der Waals surface area contributed by atoms with Crippen molar-refractivity contribution in [1.29, 1.82) is 0 Å². The molecule has 1 N–H and O–H groups in total. The van der Waals surface area contributed by atoms with E-state index >= 15 is 0 Å². The Morgan fingerprint density at radius 2 is 1.90 bits per heavy atom. The van der Waals surface area contributed by atoms with E-state index in [9.17, 15) is 9.90 Å². The number of hydrogen-bond acceptors (Lipinski definition) is 3. The predicted octanol–water partition coefficient (Wildman–Crippen LogP) is 6.15. The molecule has 0 heterocycles. The molecule has 0 bridgehead atoms. The number of rotatable bonds is 11. The zero-order valence-electron chi connectivity index (χ0n) is 17.7. The number of ether oxygens (including phenoxy) is 2. The minimum atomic E-state index is -0.808. The zero-order valence-corrected chi connectivity index (χ0v) is 17.7. The molecule has 0 aromatic heterocycles. The van der Waals surface area contributed by atoms with Crippen LogP contribution >= 0.6 is 0 Å². The van der Waals surface area contributed by atoms with Gasteiger partial charge < -0.3 is 14.6 Å². The first-order chi connectivity index (χ1) is 14.0. The van der Waals surface area contributed by atoms with E-state index in [-0.39, 0.29) is 0 Å².